The minimum atomic E-state index is -3.38. The van der Waals surface area contributed by atoms with Crippen molar-refractivity contribution >= 4 is 31.7 Å². The number of amides is 1. The van der Waals surface area contributed by atoms with Crippen molar-refractivity contribution in [2.24, 2.45) is 0 Å². The van der Waals surface area contributed by atoms with E-state index in [-0.39, 0.29) is 16.8 Å². The zero-order valence-electron chi connectivity index (χ0n) is 14.2. The van der Waals surface area contributed by atoms with Gasteiger partial charge in [0.25, 0.3) is 5.91 Å². The van der Waals surface area contributed by atoms with Crippen LogP contribution in [0.15, 0.2) is 51.8 Å². The lowest BCUT2D eigenvalue weighted by molar-refractivity contribution is 0.0939. The SMILES string of the molecule is COc1cccc(CC(C)NC(=O)c2cc(S(C)(=O)=O)ccc2Br)c1. The minimum absolute atomic E-state index is 0.112. The molecule has 0 aliphatic carbocycles. The van der Waals surface area contributed by atoms with Gasteiger partial charge in [0.2, 0.25) is 0 Å². The second kappa shape index (κ2) is 8.01. The second-order valence-corrected chi connectivity index (χ2v) is 8.71. The number of benzene rings is 2. The van der Waals surface area contributed by atoms with Crippen LogP contribution >= 0.6 is 15.9 Å². The molecule has 1 atom stereocenters. The van der Waals surface area contributed by atoms with Crippen LogP contribution in [-0.4, -0.2) is 33.7 Å². The predicted molar refractivity (Wildman–Crippen MR) is 101 cm³/mol. The molecule has 1 unspecified atom stereocenters. The molecule has 1 N–H and O–H groups in total. The van der Waals surface area contributed by atoms with E-state index in [0.717, 1.165) is 17.6 Å². The Balaban J connectivity index is 2.13. The summed E-state index contributed by atoms with van der Waals surface area (Å²) in [7, 11) is -1.77. The fraction of sp³-hybridized carbons (Fsp3) is 0.278. The van der Waals surface area contributed by atoms with Crippen LogP contribution in [0.5, 0.6) is 5.75 Å². The van der Waals surface area contributed by atoms with Gasteiger partial charge < -0.3 is 10.1 Å². The number of hydrogen-bond acceptors (Lipinski definition) is 4. The fourth-order valence-corrected chi connectivity index (χ4v) is 3.49. The van der Waals surface area contributed by atoms with Gasteiger partial charge in [-0.3, -0.25) is 4.79 Å². The van der Waals surface area contributed by atoms with Crippen LogP contribution in [0.4, 0.5) is 0 Å². The van der Waals surface area contributed by atoms with Crippen LogP contribution in [0.2, 0.25) is 0 Å². The molecular weight excluding hydrogens is 406 g/mol. The third-order valence-corrected chi connectivity index (χ3v) is 5.47. The Bertz CT molecular complexity index is 880. The Morgan fingerprint density at radius 3 is 2.60 bits per heavy atom. The van der Waals surface area contributed by atoms with Crippen LogP contribution in [0.25, 0.3) is 0 Å². The van der Waals surface area contributed by atoms with E-state index in [0.29, 0.717) is 16.5 Å². The van der Waals surface area contributed by atoms with E-state index in [4.69, 9.17) is 4.74 Å². The Labute approximate surface area is 156 Å². The summed E-state index contributed by atoms with van der Waals surface area (Å²) in [6.45, 7) is 1.89. The molecule has 0 fully saturated rings. The third kappa shape index (κ3) is 5.31. The quantitative estimate of drug-likeness (QED) is 0.770. The van der Waals surface area contributed by atoms with Crippen molar-refractivity contribution in [2.45, 2.75) is 24.3 Å². The zero-order valence-corrected chi connectivity index (χ0v) is 16.6. The number of methoxy groups -OCH3 is 1. The van der Waals surface area contributed by atoms with Gasteiger partial charge in [0.05, 0.1) is 17.6 Å². The summed E-state index contributed by atoms with van der Waals surface area (Å²) in [5, 5.41) is 2.90. The smallest absolute Gasteiger partial charge is 0.252 e. The van der Waals surface area contributed by atoms with E-state index in [2.05, 4.69) is 21.2 Å². The first kappa shape index (κ1) is 19.5. The maximum atomic E-state index is 12.5. The van der Waals surface area contributed by atoms with Crippen molar-refractivity contribution in [3.63, 3.8) is 0 Å². The highest BCUT2D eigenvalue weighted by molar-refractivity contribution is 9.10. The molecule has 2 rings (SSSR count). The Kier molecular flexibility index (Phi) is 6.24. The van der Waals surface area contributed by atoms with E-state index in [1.807, 2.05) is 31.2 Å². The van der Waals surface area contributed by atoms with Crippen molar-refractivity contribution in [3.8, 4) is 5.75 Å². The van der Waals surface area contributed by atoms with Gasteiger partial charge in [-0.2, -0.15) is 0 Å². The Morgan fingerprint density at radius 2 is 1.96 bits per heavy atom. The van der Waals surface area contributed by atoms with Crippen molar-refractivity contribution in [3.05, 3.63) is 58.1 Å². The standard InChI is InChI=1S/C18H20BrNO4S/c1-12(9-13-5-4-6-14(10-13)24-2)20-18(21)16-11-15(25(3,22)23)7-8-17(16)19/h4-8,10-12H,9H2,1-3H3,(H,20,21). The molecule has 1 amide bonds. The van der Waals surface area contributed by atoms with E-state index in [9.17, 15) is 13.2 Å². The van der Waals surface area contributed by atoms with Gasteiger partial charge in [-0.1, -0.05) is 12.1 Å². The number of carbonyl (C=O) groups is 1. The number of rotatable bonds is 6. The van der Waals surface area contributed by atoms with Gasteiger partial charge in [0.1, 0.15) is 5.75 Å². The highest BCUT2D eigenvalue weighted by Gasteiger charge is 2.17. The van der Waals surface area contributed by atoms with Gasteiger partial charge in [0.15, 0.2) is 9.84 Å². The van der Waals surface area contributed by atoms with Crippen LogP contribution < -0.4 is 10.1 Å². The number of carbonyl (C=O) groups excluding carboxylic acids is 1. The summed E-state index contributed by atoms with van der Waals surface area (Å²) in [6, 6.07) is 11.9. The van der Waals surface area contributed by atoms with E-state index < -0.39 is 9.84 Å². The number of hydrogen-bond donors (Lipinski definition) is 1. The summed E-state index contributed by atoms with van der Waals surface area (Å²) in [5.74, 6) is 0.437. The fourth-order valence-electron chi connectivity index (χ4n) is 2.41. The average Bonchev–Trinajstić information content (AvgIpc) is 2.54. The molecular formula is C18H20BrNO4S. The summed E-state index contributed by atoms with van der Waals surface area (Å²) in [6.07, 6.45) is 1.75. The zero-order chi connectivity index (χ0) is 18.6. The Hall–Kier alpha value is -1.86. The molecule has 0 heterocycles. The number of sulfone groups is 1. The summed E-state index contributed by atoms with van der Waals surface area (Å²) in [4.78, 5) is 12.6. The lowest BCUT2D eigenvalue weighted by atomic mass is 10.1. The third-order valence-electron chi connectivity index (χ3n) is 3.66. The van der Waals surface area contributed by atoms with Crippen LogP contribution in [0.3, 0.4) is 0 Å². The van der Waals surface area contributed by atoms with Crippen LogP contribution in [0.1, 0.15) is 22.8 Å². The topological polar surface area (TPSA) is 72.5 Å². The molecule has 25 heavy (non-hydrogen) atoms. The number of ether oxygens (including phenoxy) is 1. The molecule has 0 bridgehead atoms. The lowest BCUT2D eigenvalue weighted by Gasteiger charge is -2.15. The average molecular weight is 426 g/mol. The first-order valence-electron chi connectivity index (χ1n) is 7.64. The van der Waals surface area contributed by atoms with Crippen molar-refractivity contribution in [2.75, 3.05) is 13.4 Å². The van der Waals surface area contributed by atoms with Gasteiger partial charge in [-0.15, -0.1) is 0 Å². The molecule has 0 spiro atoms. The first-order valence-corrected chi connectivity index (χ1v) is 10.3. The lowest BCUT2D eigenvalue weighted by Crippen LogP contribution is -2.34. The molecule has 134 valence electrons. The predicted octanol–water partition coefficient (Wildman–Crippen LogP) is 3.22. The number of nitrogens with one attached hydrogen (secondary N) is 1. The van der Waals surface area contributed by atoms with E-state index in [1.165, 1.54) is 12.1 Å². The van der Waals surface area contributed by atoms with Gasteiger partial charge in [-0.05, 0) is 65.2 Å². The summed E-state index contributed by atoms with van der Waals surface area (Å²) >= 11 is 3.30. The monoisotopic (exact) mass is 425 g/mol. The molecule has 5 nitrogen and oxygen atoms in total. The first-order chi connectivity index (χ1) is 11.7. The molecule has 0 aliphatic rings. The highest BCUT2D eigenvalue weighted by atomic mass is 79.9. The van der Waals surface area contributed by atoms with Gasteiger partial charge >= 0.3 is 0 Å². The maximum absolute atomic E-state index is 12.5. The normalized spacial score (nSPS) is 12.5. The molecule has 0 radical (unpaired) electrons. The summed E-state index contributed by atoms with van der Waals surface area (Å²) < 4.78 is 29.1. The van der Waals surface area contributed by atoms with Crippen LogP contribution in [-0.2, 0) is 16.3 Å². The molecule has 2 aromatic rings. The van der Waals surface area contributed by atoms with E-state index in [1.54, 1.807) is 13.2 Å². The summed E-state index contributed by atoms with van der Waals surface area (Å²) in [5.41, 5.74) is 1.33. The molecule has 7 heteroatoms. The van der Waals surface area contributed by atoms with Crippen molar-refractivity contribution in [1.82, 2.24) is 5.32 Å². The second-order valence-electron chi connectivity index (χ2n) is 5.84. The molecule has 0 saturated heterocycles. The van der Waals surface area contributed by atoms with Crippen molar-refractivity contribution < 1.29 is 17.9 Å². The highest BCUT2D eigenvalue weighted by Crippen LogP contribution is 2.21. The van der Waals surface area contributed by atoms with Gasteiger partial charge in [0, 0.05) is 16.8 Å². The Morgan fingerprint density at radius 1 is 1.24 bits per heavy atom. The number of halogens is 1. The largest absolute Gasteiger partial charge is 0.497 e. The molecule has 2 aromatic carbocycles. The molecule has 0 aromatic heterocycles. The maximum Gasteiger partial charge on any atom is 0.252 e. The van der Waals surface area contributed by atoms with Crippen LogP contribution in [0, 0.1) is 0 Å². The van der Waals surface area contributed by atoms with Gasteiger partial charge in [-0.25, -0.2) is 8.42 Å². The molecule has 0 saturated carbocycles. The van der Waals surface area contributed by atoms with Crippen molar-refractivity contribution in [1.29, 1.82) is 0 Å². The molecule has 0 aliphatic heterocycles. The van der Waals surface area contributed by atoms with E-state index >= 15 is 0 Å². The minimum Gasteiger partial charge on any atom is -0.497 e.